The van der Waals surface area contributed by atoms with E-state index in [9.17, 15) is 14.3 Å². The fraction of sp³-hybridized carbons (Fsp3) is 0.364. The molecule has 7 heteroatoms. The summed E-state index contributed by atoms with van der Waals surface area (Å²) in [4.78, 5) is 22.4. The zero-order valence-corrected chi connectivity index (χ0v) is 16.4. The van der Waals surface area contributed by atoms with E-state index in [1.54, 1.807) is 17.0 Å². The largest absolute Gasteiger partial charge is 0.379 e. The van der Waals surface area contributed by atoms with E-state index in [1.165, 1.54) is 12.1 Å². The molecular weight excluding hydrogens is 371 g/mol. The fourth-order valence-corrected chi connectivity index (χ4v) is 3.89. The normalized spacial score (nSPS) is 19.8. The van der Waals surface area contributed by atoms with E-state index in [1.807, 2.05) is 25.1 Å². The van der Waals surface area contributed by atoms with Gasteiger partial charge < -0.3 is 20.3 Å². The van der Waals surface area contributed by atoms with Crippen molar-refractivity contribution in [3.8, 4) is 0 Å². The molecule has 0 bridgehead atoms. The smallest absolute Gasteiger partial charge is 0.256 e. The predicted molar refractivity (Wildman–Crippen MR) is 109 cm³/mol. The molecule has 1 aliphatic rings. The van der Waals surface area contributed by atoms with Gasteiger partial charge in [0.25, 0.3) is 5.91 Å². The number of nitrogens with zero attached hydrogens (tertiary/aromatic N) is 2. The van der Waals surface area contributed by atoms with Gasteiger partial charge in [-0.3, -0.25) is 4.79 Å². The van der Waals surface area contributed by atoms with E-state index in [4.69, 9.17) is 0 Å². The minimum atomic E-state index is -1.44. The molecule has 0 spiro atoms. The Morgan fingerprint density at radius 3 is 2.83 bits per heavy atom. The second-order valence-electron chi connectivity index (χ2n) is 7.75. The van der Waals surface area contributed by atoms with Gasteiger partial charge in [0.05, 0.1) is 17.6 Å². The highest BCUT2D eigenvalue weighted by Gasteiger charge is 2.41. The number of carbonyl (C=O) groups is 1. The second-order valence-corrected chi connectivity index (χ2v) is 7.75. The number of nitrogens with one attached hydrogen (secondary N) is 2. The van der Waals surface area contributed by atoms with E-state index in [0.717, 1.165) is 34.4 Å². The molecule has 1 amide bonds. The van der Waals surface area contributed by atoms with E-state index >= 15 is 0 Å². The lowest BCUT2D eigenvalue weighted by Gasteiger charge is -2.38. The van der Waals surface area contributed by atoms with Gasteiger partial charge in [0.1, 0.15) is 11.6 Å². The number of imidazole rings is 1. The number of amides is 1. The summed E-state index contributed by atoms with van der Waals surface area (Å²) in [5.41, 5.74) is 2.40. The minimum Gasteiger partial charge on any atom is -0.379 e. The maximum Gasteiger partial charge on any atom is 0.256 e. The number of aromatic nitrogens is 2. The molecule has 1 aliphatic heterocycles. The summed E-state index contributed by atoms with van der Waals surface area (Å²) >= 11 is 0. The monoisotopic (exact) mass is 396 g/mol. The summed E-state index contributed by atoms with van der Waals surface area (Å²) in [6.45, 7) is 3.55. The molecule has 2 aromatic carbocycles. The number of rotatable bonds is 6. The van der Waals surface area contributed by atoms with Crippen molar-refractivity contribution in [3.05, 3.63) is 65.2 Å². The lowest BCUT2D eigenvalue weighted by atomic mass is 9.91. The number of aromatic amines is 1. The van der Waals surface area contributed by atoms with Crippen LogP contribution in [0.1, 0.15) is 29.8 Å². The molecule has 152 valence electrons. The number of likely N-dealkylation sites (tertiary alicyclic amines) is 1. The molecule has 1 fully saturated rings. The lowest BCUT2D eigenvalue weighted by molar-refractivity contribution is -0.157. The zero-order chi connectivity index (χ0) is 20.4. The first-order valence-electron chi connectivity index (χ1n) is 9.86. The first-order valence-corrected chi connectivity index (χ1v) is 9.86. The first kappa shape index (κ1) is 19.5. The van der Waals surface area contributed by atoms with Gasteiger partial charge >= 0.3 is 0 Å². The Morgan fingerprint density at radius 2 is 2.07 bits per heavy atom. The number of hydrogen-bond donors (Lipinski definition) is 3. The molecule has 3 aromatic rings. The van der Waals surface area contributed by atoms with Crippen LogP contribution in [0, 0.1) is 12.7 Å². The van der Waals surface area contributed by atoms with Crippen molar-refractivity contribution in [2.24, 2.45) is 0 Å². The highest BCUT2D eigenvalue weighted by molar-refractivity contribution is 5.86. The van der Waals surface area contributed by atoms with Crippen LogP contribution < -0.4 is 5.32 Å². The van der Waals surface area contributed by atoms with Crippen molar-refractivity contribution < 1.29 is 14.3 Å². The average Bonchev–Trinajstić information content (AvgIpc) is 3.12. The molecular formula is C22H25FN4O2. The zero-order valence-electron chi connectivity index (χ0n) is 16.4. The van der Waals surface area contributed by atoms with Gasteiger partial charge in [0, 0.05) is 19.6 Å². The number of hydrogen-bond acceptors (Lipinski definition) is 4. The van der Waals surface area contributed by atoms with E-state index in [2.05, 4.69) is 15.3 Å². The van der Waals surface area contributed by atoms with E-state index in [-0.39, 0.29) is 18.3 Å². The predicted octanol–water partition coefficient (Wildman–Crippen LogP) is 2.65. The molecule has 0 radical (unpaired) electrons. The number of aryl methyl sites for hydroxylation is 1. The highest BCUT2D eigenvalue weighted by Crippen LogP contribution is 2.24. The number of halogens is 1. The summed E-state index contributed by atoms with van der Waals surface area (Å²) in [6.07, 6.45) is 1.13. The quantitative estimate of drug-likeness (QED) is 0.598. The molecule has 1 saturated heterocycles. The summed E-state index contributed by atoms with van der Waals surface area (Å²) in [6, 6.07) is 12.1. The summed E-state index contributed by atoms with van der Waals surface area (Å²) in [5, 5.41) is 14.1. The van der Waals surface area contributed by atoms with Crippen LogP contribution in [0.15, 0.2) is 42.5 Å². The van der Waals surface area contributed by atoms with Crippen LogP contribution in [0.2, 0.25) is 0 Å². The summed E-state index contributed by atoms with van der Waals surface area (Å²) in [5.74, 6) is 0.172. The molecule has 4 rings (SSSR count). The van der Waals surface area contributed by atoms with Crippen molar-refractivity contribution in [2.75, 3.05) is 13.1 Å². The van der Waals surface area contributed by atoms with Gasteiger partial charge in [0.2, 0.25) is 0 Å². The van der Waals surface area contributed by atoms with E-state index in [0.29, 0.717) is 26.1 Å². The van der Waals surface area contributed by atoms with Crippen molar-refractivity contribution in [3.63, 3.8) is 0 Å². The Balaban J connectivity index is 1.38. The van der Waals surface area contributed by atoms with Crippen LogP contribution in [0.5, 0.6) is 0 Å². The second kappa shape index (κ2) is 7.93. The Labute approximate surface area is 168 Å². The third kappa shape index (κ3) is 4.16. The number of benzene rings is 2. The van der Waals surface area contributed by atoms with Gasteiger partial charge in [-0.05, 0) is 49.1 Å². The van der Waals surface area contributed by atoms with Crippen LogP contribution in [-0.2, 0) is 17.9 Å². The average molecular weight is 396 g/mol. The van der Waals surface area contributed by atoms with Crippen molar-refractivity contribution in [2.45, 2.75) is 38.5 Å². The number of H-pyrrole nitrogens is 1. The third-order valence-corrected chi connectivity index (χ3v) is 5.46. The Morgan fingerprint density at radius 1 is 1.28 bits per heavy atom. The topological polar surface area (TPSA) is 81.2 Å². The molecule has 1 atom stereocenters. The molecule has 1 aromatic heterocycles. The van der Waals surface area contributed by atoms with Gasteiger partial charge in [-0.15, -0.1) is 0 Å². The molecule has 1 unspecified atom stereocenters. The maximum absolute atomic E-state index is 13.1. The molecule has 29 heavy (non-hydrogen) atoms. The molecule has 2 heterocycles. The summed E-state index contributed by atoms with van der Waals surface area (Å²) in [7, 11) is 0. The van der Waals surface area contributed by atoms with Gasteiger partial charge in [0.15, 0.2) is 5.60 Å². The molecule has 0 aliphatic carbocycles. The first-order chi connectivity index (χ1) is 13.9. The number of carbonyl (C=O) groups excluding carboxylic acids is 1. The van der Waals surface area contributed by atoms with Crippen molar-refractivity contribution in [1.82, 2.24) is 20.2 Å². The van der Waals surface area contributed by atoms with Gasteiger partial charge in [-0.2, -0.15) is 0 Å². The standard InChI is InChI=1S/C22H25FN4O2/c1-15-4-2-5-18-20(15)26-19(25-18)12-24-14-22(29)10-3-11-27(21(22)28)13-16-6-8-17(23)9-7-16/h2,4-9,24,29H,3,10-14H2,1H3,(H,25,26). The Bertz CT molecular complexity index is 1020. The van der Waals surface area contributed by atoms with Crippen molar-refractivity contribution >= 4 is 16.9 Å². The van der Waals surface area contributed by atoms with Crippen LogP contribution in [-0.4, -0.2) is 44.6 Å². The minimum absolute atomic E-state index is 0.155. The van der Waals surface area contributed by atoms with Crippen LogP contribution in [0.25, 0.3) is 11.0 Å². The van der Waals surface area contributed by atoms with Gasteiger partial charge in [-0.25, -0.2) is 9.37 Å². The van der Waals surface area contributed by atoms with E-state index < -0.39 is 5.60 Å². The Hall–Kier alpha value is -2.77. The number of aliphatic hydroxyl groups is 1. The lowest BCUT2D eigenvalue weighted by Crippen LogP contribution is -2.57. The maximum atomic E-state index is 13.1. The number of para-hydroxylation sites is 1. The SMILES string of the molecule is Cc1cccc2[nH]c(CNCC3(O)CCCN(Cc4ccc(F)cc4)C3=O)nc12. The highest BCUT2D eigenvalue weighted by atomic mass is 19.1. The van der Waals surface area contributed by atoms with Crippen LogP contribution in [0.3, 0.4) is 0 Å². The molecule has 0 saturated carbocycles. The van der Waals surface area contributed by atoms with Crippen molar-refractivity contribution in [1.29, 1.82) is 0 Å². The molecule has 3 N–H and O–H groups in total. The van der Waals surface area contributed by atoms with Crippen LogP contribution >= 0.6 is 0 Å². The fourth-order valence-electron chi connectivity index (χ4n) is 3.89. The number of fused-ring (bicyclic) bond motifs is 1. The van der Waals surface area contributed by atoms with Gasteiger partial charge in [-0.1, -0.05) is 24.3 Å². The number of piperidine rings is 1. The van der Waals surface area contributed by atoms with Crippen LogP contribution in [0.4, 0.5) is 4.39 Å². The Kier molecular flexibility index (Phi) is 5.34. The third-order valence-electron chi connectivity index (χ3n) is 5.46. The molecule has 6 nitrogen and oxygen atoms in total. The summed E-state index contributed by atoms with van der Waals surface area (Å²) < 4.78 is 13.1.